The van der Waals surface area contributed by atoms with Gasteiger partial charge in [-0.05, 0) is 18.2 Å². The number of amides is 1. The summed E-state index contributed by atoms with van der Waals surface area (Å²) < 4.78 is 0.905. The second-order valence-corrected chi connectivity index (χ2v) is 4.26. The molecule has 0 saturated heterocycles. The van der Waals surface area contributed by atoms with Gasteiger partial charge in [0.15, 0.2) is 0 Å². The number of rotatable bonds is 2. The molecule has 1 amide bonds. The van der Waals surface area contributed by atoms with E-state index in [-0.39, 0.29) is 11.8 Å². The lowest BCUT2D eigenvalue weighted by Gasteiger charge is -2.18. The number of carbonyl (C=O) groups excluding carboxylic acids is 1. The van der Waals surface area contributed by atoms with Gasteiger partial charge in [-0.3, -0.25) is 4.79 Å². The van der Waals surface area contributed by atoms with E-state index in [1.807, 2.05) is 26.0 Å². The Balaban J connectivity index is 2.89. The van der Waals surface area contributed by atoms with Crippen LogP contribution < -0.4 is 10.9 Å². The van der Waals surface area contributed by atoms with Gasteiger partial charge < -0.3 is 0 Å². The van der Waals surface area contributed by atoms with Gasteiger partial charge in [0.25, 0.3) is 0 Å². The highest BCUT2D eigenvalue weighted by atomic mass is 79.9. The van der Waals surface area contributed by atoms with Crippen LogP contribution in [0.2, 0.25) is 0 Å². The molecular formula is C10H13BrN2O. The Morgan fingerprint density at radius 1 is 1.50 bits per heavy atom. The zero-order valence-corrected chi connectivity index (χ0v) is 9.78. The molecular weight excluding hydrogens is 244 g/mol. The molecule has 0 heterocycles. The quantitative estimate of drug-likeness (QED) is 0.502. The molecule has 4 heteroatoms. The summed E-state index contributed by atoms with van der Waals surface area (Å²) in [6.07, 6.45) is 0. The van der Waals surface area contributed by atoms with Crippen molar-refractivity contribution in [2.45, 2.75) is 13.8 Å². The fraction of sp³-hybridized carbons (Fsp3) is 0.300. The first kappa shape index (κ1) is 11.2. The summed E-state index contributed by atoms with van der Waals surface area (Å²) in [5.74, 6) is 5.48. The monoisotopic (exact) mass is 256 g/mol. The summed E-state index contributed by atoms with van der Waals surface area (Å²) in [6, 6.07) is 7.33. The van der Waals surface area contributed by atoms with Crippen molar-refractivity contribution in [2.75, 3.05) is 5.01 Å². The lowest BCUT2D eigenvalue weighted by atomic mass is 10.2. The van der Waals surface area contributed by atoms with Gasteiger partial charge >= 0.3 is 0 Å². The number of hydrogen-bond donors (Lipinski definition) is 1. The third kappa shape index (κ3) is 2.56. The second-order valence-electron chi connectivity index (χ2n) is 3.34. The third-order valence-electron chi connectivity index (χ3n) is 1.82. The first-order valence-electron chi connectivity index (χ1n) is 4.36. The molecule has 14 heavy (non-hydrogen) atoms. The highest BCUT2D eigenvalue weighted by Gasteiger charge is 2.15. The van der Waals surface area contributed by atoms with Crippen molar-refractivity contribution in [3.63, 3.8) is 0 Å². The molecule has 2 N–H and O–H groups in total. The van der Waals surface area contributed by atoms with Crippen LogP contribution in [0.15, 0.2) is 28.7 Å². The summed E-state index contributed by atoms with van der Waals surface area (Å²) >= 11 is 3.32. The van der Waals surface area contributed by atoms with Crippen LogP contribution in [-0.4, -0.2) is 5.91 Å². The summed E-state index contributed by atoms with van der Waals surface area (Å²) in [7, 11) is 0. The lowest BCUT2D eigenvalue weighted by molar-refractivity contribution is -0.121. The van der Waals surface area contributed by atoms with Crippen molar-refractivity contribution in [2.24, 2.45) is 11.8 Å². The van der Waals surface area contributed by atoms with E-state index < -0.39 is 0 Å². The van der Waals surface area contributed by atoms with Crippen molar-refractivity contribution in [3.05, 3.63) is 28.7 Å². The van der Waals surface area contributed by atoms with Gasteiger partial charge in [0.1, 0.15) is 0 Å². The second kappa shape index (κ2) is 4.57. The number of benzene rings is 1. The van der Waals surface area contributed by atoms with Crippen LogP contribution in [-0.2, 0) is 4.79 Å². The van der Waals surface area contributed by atoms with Crippen molar-refractivity contribution < 1.29 is 4.79 Å². The highest BCUT2D eigenvalue weighted by Crippen LogP contribution is 2.18. The number of halogens is 1. The normalized spacial score (nSPS) is 10.4. The number of hydrazine groups is 1. The Hall–Kier alpha value is -0.870. The summed E-state index contributed by atoms with van der Waals surface area (Å²) in [6.45, 7) is 3.64. The molecule has 0 radical (unpaired) electrons. The van der Waals surface area contributed by atoms with Crippen molar-refractivity contribution in [1.82, 2.24) is 0 Å². The number of anilines is 1. The highest BCUT2D eigenvalue weighted by molar-refractivity contribution is 9.10. The molecule has 1 aromatic rings. The lowest BCUT2D eigenvalue weighted by Crippen LogP contribution is -2.40. The van der Waals surface area contributed by atoms with Gasteiger partial charge in [0, 0.05) is 10.4 Å². The van der Waals surface area contributed by atoms with Crippen molar-refractivity contribution >= 4 is 27.5 Å². The molecule has 0 bridgehead atoms. The maximum atomic E-state index is 11.5. The van der Waals surface area contributed by atoms with Crippen LogP contribution in [0.1, 0.15) is 13.8 Å². The van der Waals surface area contributed by atoms with E-state index in [2.05, 4.69) is 15.9 Å². The van der Waals surface area contributed by atoms with Crippen LogP contribution in [0.3, 0.4) is 0 Å². The van der Waals surface area contributed by atoms with Gasteiger partial charge in [0.05, 0.1) is 5.69 Å². The summed E-state index contributed by atoms with van der Waals surface area (Å²) in [4.78, 5) is 11.5. The van der Waals surface area contributed by atoms with Gasteiger partial charge in [-0.25, -0.2) is 10.9 Å². The Kier molecular flexibility index (Phi) is 3.66. The Morgan fingerprint density at radius 2 is 2.14 bits per heavy atom. The first-order chi connectivity index (χ1) is 6.52. The van der Waals surface area contributed by atoms with Gasteiger partial charge in [-0.15, -0.1) is 0 Å². The predicted molar refractivity (Wildman–Crippen MR) is 60.7 cm³/mol. The van der Waals surface area contributed by atoms with Crippen LogP contribution in [0.5, 0.6) is 0 Å². The molecule has 1 aromatic carbocycles. The Labute approximate surface area is 92.0 Å². The van der Waals surface area contributed by atoms with Crippen LogP contribution >= 0.6 is 15.9 Å². The maximum absolute atomic E-state index is 11.5. The third-order valence-corrected chi connectivity index (χ3v) is 2.31. The van der Waals surface area contributed by atoms with E-state index in [4.69, 9.17) is 5.84 Å². The summed E-state index contributed by atoms with van der Waals surface area (Å²) in [5, 5.41) is 1.18. The van der Waals surface area contributed by atoms with Gasteiger partial charge in [-0.1, -0.05) is 35.8 Å². The molecule has 3 nitrogen and oxygen atoms in total. The van der Waals surface area contributed by atoms with Crippen LogP contribution in [0, 0.1) is 5.92 Å². The fourth-order valence-electron chi connectivity index (χ4n) is 1.03. The van der Waals surface area contributed by atoms with Crippen LogP contribution in [0.25, 0.3) is 0 Å². The van der Waals surface area contributed by atoms with E-state index >= 15 is 0 Å². The van der Waals surface area contributed by atoms with Crippen molar-refractivity contribution in [1.29, 1.82) is 0 Å². The Morgan fingerprint density at radius 3 is 2.64 bits per heavy atom. The van der Waals surface area contributed by atoms with E-state index in [0.29, 0.717) is 5.69 Å². The Bertz CT molecular complexity index is 339. The van der Waals surface area contributed by atoms with Crippen LogP contribution in [0.4, 0.5) is 5.69 Å². The zero-order valence-electron chi connectivity index (χ0n) is 8.20. The SMILES string of the molecule is CC(C)C(=O)N(N)c1cccc(Br)c1. The van der Waals surface area contributed by atoms with E-state index in [1.165, 1.54) is 5.01 Å². The zero-order chi connectivity index (χ0) is 10.7. The molecule has 0 saturated carbocycles. The van der Waals surface area contributed by atoms with Crippen molar-refractivity contribution in [3.8, 4) is 0 Å². The molecule has 76 valence electrons. The first-order valence-corrected chi connectivity index (χ1v) is 5.16. The van der Waals surface area contributed by atoms with E-state index in [1.54, 1.807) is 12.1 Å². The molecule has 0 fully saturated rings. The topological polar surface area (TPSA) is 46.3 Å². The smallest absolute Gasteiger partial charge is 0.243 e. The van der Waals surface area contributed by atoms with Gasteiger partial charge in [0.2, 0.25) is 5.91 Å². The molecule has 1 rings (SSSR count). The minimum absolute atomic E-state index is 0.0944. The molecule has 0 spiro atoms. The number of carbonyl (C=O) groups is 1. The minimum atomic E-state index is -0.0982. The number of nitrogens with two attached hydrogens (primary N) is 1. The average molecular weight is 257 g/mol. The molecule has 0 unspecified atom stereocenters. The minimum Gasteiger partial charge on any atom is -0.273 e. The van der Waals surface area contributed by atoms with E-state index in [9.17, 15) is 4.79 Å². The van der Waals surface area contributed by atoms with Gasteiger partial charge in [-0.2, -0.15) is 0 Å². The molecule has 0 atom stereocenters. The molecule has 0 aliphatic rings. The number of hydrogen-bond acceptors (Lipinski definition) is 2. The molecule has 0 aromatic heterocycles. The fourth-order valence-corrected chi connectivity index (χ4v) is 1.42. The number of nitrogens with zero attached hydrogens (tertiary/aromatic N) is 1. The maximum Gasteiger partial charge on any atom is 0.243 e. The molecule has 0 aliphatic heterocycles. The molecule has 0 aliphatic carbocycles. The van der Waals surface area contributed by atoms with E-state index in [0.717, 1.165) is 4.47 Å². The predicted octanol–water partition coefficient (Wildman–Crippen LogP) is 2.31. The standard InChI is InChI=1S/C10H13BrN2O/c1-7(2)10(14)13(12)9-5-3-4-8(11)6-9/h3-7H,12H2,1-2H3. The summed E-state index contributed by atoms with van der Waals surface area (Å²) in [5.41, 5.74) is 0.693. The largest absolute Gasteiger partial charge is 0.273 e. The average Bonchev–Trinajstić information content (AvgIpc) is 2.15.